The number of nitrogens with zero attached hydrogens (tertiary/aromatic N) is 1. The second kappa shape index (κ2) is 9.02. The number of halogens is 1. The van der Waals surface area contributed by atoms with Gasteiger partial charge in [0, 0.05) is 28.4 Å². The van der Waals surface area contributed by atoms with E-state index in [2.05, 4.69) is 10.3 Å². The van der Waals surface area contributed by atoms with E-state index >= 15 is 0 Å². The maximum atomic E-state index is 12.0. The van der Waals surface area contributed by atoms with Crippen LogP contribution in [0.2, 0.25) is 5.02 Å². The third-order valence-corrected chi connectivity index (χ3v) is 5.63. The summed E-state index contributed by atoms with van der Waals surface area (Å²) in [6.07, 6.45) is 0.743. The first kappa shape index (κ1) is 19.4. The van der Waals surface area contributed by atoms with Gasteiger partial charge < -0.3 is 10.1 Å². The smallest absolute Gasteiger partial charge is 0.257 e. The highest BCUT2D eigenvalue weighted by Gasteiger charge is 2.10. The molecule has 0 bridgehead atoms. The monoisotopic (exact) mass is 400 g/mol. The number of ether oxygens (including phenoxy) is 1. The topological polar surface area (TPSA) is 51.2 Å². The van der Waals surface area contributed by atoms with Crippen molar-refractivity contribution < 1.29 is 9.53 Å². The van der Waals surface area contributed by atoms with Crippen LogP contribution in [0.25, 0.3) is 10.6 Å². The zero-order valence-electron chi connectivity index (χ0n) is 15.3. The van der Waals surface area contributed by atoms with Crippen LogP contribution < -0.4 is 10.1 Å². The van der Waals surface area contributed by atoms with Gasteiger partial charge in [0.2, 0.25) is 0 Å². The molecule has 1 amide bonds. The van der Waals surface area contributed by atoms with Crippen LogP contribution in [0.15, 0.2) is 48.5 Å². The molecule has 3 aromatic rings. The van der Waals surface area contributed by atoms with Crippen molar-refractivity contribution in [3.63, 3.8) is 0 Å². The van der Waals surface area contributed by atoms with Crippen molar-refractivity contribution in [3.05, 3.63) is 69.7 Å². The standard InChI is InChI=1S/C21H21ClN2O2S/c1-14-5-3-4-6-18(14)26-13-20(25)23-12-11-19-15(2)24-21(27-19)16-7-9-17(22)10-8-16/h3-10H,11-13H2,1-2H3,(H,23,25). The number of aromatic nitrogens is 1. The molecule has 2 aromatic carbocycles. The lowest BCUT2D eigenvalue weighted by molar-refractivity contribution is -0.123. The molecule has 0 spiro atoms. The number of benzene rings is 2. The normalized spacial score (nSPS) is 10.6. The van der Waals surface area contributed by atoms with Gasteiger partial charge in [-0.2, -0.15) is 0 Å². The number of aryl methyl sites for hydroxylation is 2. The van der Waals surface area contributed by atoms with E-state index in [4.69, 9.17) is 16.3 Å². The summed E-state index contributed by atoms with van der Waals surface area (Å²) >= 11 is 7.59. The van der Waals surface area contributed by atoms with E-state index in [0.29, 0.717) is 11.6 Å². The van der Waals surface area contributed by atoms with Gasteiger partial charge in [-0.3, -0.25) is 4.79 Å². The number of para-hydroxylation sites is 1. The van der Waals surface area contributed by atoms with Crippen molar-refractivity contribution in [2.75, 3.05) is 13.2 Å². The third-order valence-electron chi connectivity index (χ3n) is 4.11. The molecule has 0 aliphatic heterocycles. The number of nitrogens with one attached hydrogen (secondary N) is 1. The average Bonchev–Trinajstić information content (AvgIpc) is 3.02. The van der Waals surface area contributed by atoms with Gasteiger partial charge in [-0.25, -0.2) is 4.98 Å². The van der Waals surface area contributed by atoms with E-state index in [1.807, 2.05) is 62.4 Å². The molecule has 27 heavy (non-hydrogen) atoms. The summed E-state index contributed by atoms with van der Waals surface area (Å²) < 4.78 is 5.56. The van der Waals surface area contributed by atoms with Gasteiger partial charge >= 0.3 is 0 Å². The minimum absolute atomic E-state index is 0.0164. The summed E-state index contributed by atoms with van der Waals surface area (Å²) in [5, 5.41) is 4.58. The zero-order chi connectivity index (χ0) is 19.2. The lowest BCUT2D eigenvalue weighted by Gasteiger charge is -2.09. The fourth-order valence-electron chi connectivity index (χ4n) is 2.60. The Bertz CT molecular complexity index is 922. The summed E-state index contributed by atoms with van der Waals surface area (Å²) in [6, 6.07) is 15.3. The maximum Gasteiger partial charge on any atom is 0.257 e. The molecule has 0 saturated carbocycles. The molecule has 4 nitrogen and oxygen atoms in total. The highest BCUT2D eigenvalue weighted by atomic mass is 35.5. The Morgan fingerprint density at radius 1 is 1.15 bits per heavy atom. The summed E-state index contributed by atoms with van der Waals surface area (Å²) in [7, 11) is 0. The molecular weight excluding hydrogens is 380 g/mol. The Morgan fingerprint density at radius 2 is 1.89 bits per heavy atom. The molecular formula is C21H21ClN2O2S. The van der Waals surface area contributed by atoms with E-state index in [1.54, 1.807) is 11.3 Å². The van der Waals surface area contributed by atoms with Gasteiger partial charge in [0.15, 0.2) is 6.61 Å². The average molecular weight is 401 g/mol. The van der Waals surface area contributed by atoms with Crippen LogP contribution in [-0.4, -0.2) is 24.0 Å². The minimum atomic E-state index is -0.127. The Balaban J connectivity index is 1.49. The van der Waals surface area contributed by atoms with Gasteiger partial charge in [-0.1, -0.05) is 41.9 Å². The molecule has 140 valence electrons. The van der Waals surface area contributed by atoms with Crippen LogP contribution in [0.1, 0.15) is 16.1 Å². The second-order valence-corrected chi connectivity index (χ2v) is 7.71. The van der Waals surface area contributed by atoms with Crippen LogP contribution in [0, 0.1) is 13.8 Å². The second-order valence-electron chi connectivity index (χ2n) is 6.19. The Kier molecular flexibility index (Phi) is 6.48. The summed E-state index contributed by atoms with van der Waals surface area (Å²) in [5.41, 5.74) is 3.06. The first-order valence-electron chi connectivity index (χ1n) is 8.70. The largest absolute Gasteiger partial charge is 0.484 e. The molecule has 0 fully saturated rings. The van der Waals surface area contributed by atoms with E-state index in [-0.39, 0.29) is 12.5 Å². The van der Waals surface area contributed by atoms with Gasteiger partial charge in [-0.15, -0.1) is 11.3 Å². The summed E-state index contributed by atoms with van der Waals surface area (Å²) in [4.78, 5) is 17.8. The zero-order valence-corrected chi connectivity index (χ0v) is 16.9. The molecule has 0 unspecified atom stereocenters. The van der Waals surface area contributed by atoms with Gasteiger partial charge in [-0.05, 0) is 37.6 Å². The third kappa shape index (κ3) is 5.31. The van der Waals surface area contributed by atoms with E-state index in [1.165, 1.54) is 4.88 Å². The van der Waals surface area contributed by atoms with Gasteiger partial charge in [0.25, 0.3) is 5.91 Å². The molecule has 0 aliphatic carbocycles. The molecule has 1 N–H and O–H groups in total. The van der Waals surface area contributed by atoms with E-state index in [0.717, 1.165) is 34.0 Å². The molecule has 0 aliphatic rings. The number of hydrogen-bond donors (Lipinski definition) is 1. The van der Waals surface area contributed by atoms with Crippen molar-refractivity contribution in [1.82, 2.24) is 10.3 Å². The van der Waals surface area contributed by atoms with Crippen LogP contribution in [-0.2, 0) is 11.2 Å². The predicted molar refractivity (Wildman–Crippen MR) is 111 cm³/mol. The first-order chi connectivity index (χ1) is 13.0. The molecule has 0 atom stereocenters. The van der Waals surface area contributed by atoms with Crippen LogP contribution in [0.4, 0.5) is 0 Å². The predicted octanol–water partition coefficient (Wildman–Crippen LogP) is 4.82. The van der Waals surface area contributed by atoms with Crippen molar-refractivity contribution in [2.45, 2.75) is 20.3 Å². The van der Waals surface area contributed by atoms with E-state index < -0.39 is 0 Å². The molecule has 6 heteroatoms. The lowest BCUT2D eigenvalue weighted by Crippen LogP contribution is -2.30. The summed E-state index contributed by atoms with van der Waals surface area (Å²) in [6.45, 7) is 4.52. The fraction of sp³-hybridized carbons (Fsp3) is 0.238. The van der Waals surface area contributed by atoms with Crippen LogP contribution in [0.3, 0.4) is 0 Å². The minimum Gasteiger partial charge on any atom is -0.484 e. The number of rotatable bonds is 7. The highest BCUT2D eigenvalue weighted by molar-refractivity contribution is 7.15. The number of thiazole rings is 1. The fourth-order valence-corrected chi connectivity index (χ4v) is 3.80. The van der Waals surface area contributed by atoms with Crippen molar-refractivity contribution in [1.29, 1.82) is 0 Å². The number of carbonyl (C=O) groups excluding carboxylic acids is 1. The molecule has 3 rings (SSSR count). The SMILES string of the molecule is Cc1ccccc1OCC(=O)NCCc1sc(-c2ccc(Cl)cc2)nc1C. The van der Waals surface area contributed by atoms with Gasteiger partial charge in [0.1, 0.15) is 10.8 Å². The quantitative estimate of drug-likeness (QED) is 0.618. The summed E-state index contributed by atoms with van der Waals surface area (Å²) in [5.74, 6) is 0.608. The van der Waals surface area contributed by atoms with Crippen molar-refractivity contribution in [3.8, 4) is 16.3 Å². The van der Waals surface area contributed by atoms with Crippen LogP contribution >= 0.6 is 22.9 Å². The number of hydrogen-bond acceptors (Lipinski definition) is 4. The Morgan fingerprint density at radius 3 is 2.63 bits per heavy atom. The van der Waals surface area contributed by atoms with Crippen molar-refractivity contribution in [2.24, 2.45) is 0 Å². The number of carbonyl (C=O) groups is 1. The molecule has 1 aromatic heterocycles. The molecule has 0 radical (unpaired) electrons. The Labute approximate surface area is 168 Å². The first-order valence-corrected chi connectivity index (χ1v) is 9.90. The molecule has 1 heterocycles. The Hall–Kier alpha value is -2.37. The van der Waals surface area contributed by atoms with Crippen molar-refractivity contribution >= 4 is 28.8 Å². The van der Waals surface area contributed by atoms with Gasteiger partial charge in [0.05, 0.1) is 5.69 Å². The van der Waals surface area contributed by atoms with E-state index in [9.17, 15) is 4.79 Å². The highest BCUT2D eigenvalue weighted by Crippen LogP contribution is 2.29. The maximum absolute atomic E-state index is 12.0. The van der Waals surface area contributed by atoms with Crippen LogP contribution in [0.5, 0.6) is 5.75 Å². The lowest BCUT2D eigenvalue weighted by atomic mass is 10.2. The molecule has 0 saturated heterocycles. The number of amides is 1.